The molecular weight excluding hydrogens is 637 g/mol. The Hall–Kier alpha value is -3.69. The second-order valence-corrected chi connectivity index (χ2v) is 9.10. The predicted molar refractivity (Wildman–Crippen MR) is 147 cm³/mol. The third-order valence-corrected chi connectivity index (χ3v) is 7.03. The van der Waals surface area contributed by atoms with Gasteiger partial charge in [0.2, 0.25) is 0 Å². The Morgan fingerprint density at radius 2 is 1.28 bits per heavy atom. The van der Waals surface area contributed by atoms with E-state index in [0.717, 1.165) is 28.0 Å². The van der Waals surface area contributed by atoms with E-state index in [1.807, 2.05) is 78.1 Å². The van der Waals surface area contributed by atoms with E-state index in [0.29, 0.717) is 0 Å². The molecule has 3 aromatic heterocycles. The minimum absolute atomic E-state index is 0. The van der Waals surface area contributed by atoms with Gasteiger partial charge in [-0.3, -0.25) is 4.98 Å². The van der Waals surface area contributed by atoms with Gasteiger partial charge in [0, 0.05) is 41.1 Å². The zero-order chi connectivity index (χ0) is 23.5. The van der Waals surface area contributed by atoms with Crippen molar-refractivity contribution in [1.82, 2.24) is 9.97 Å². The smallest absolute Gasteiger partial charge is 0.0610 e. The van der Waals surface area contributed by atoms with Gasteiger partial charge in [-0.1, -0.05) is 48.5 Å². The standard InChI is InChI=1S/C21H12NS.C11H8N.Ir/c1-2-8-14(9-3-1)20-19-16-11-5-7-13-18(16)23-21(19)15-10-4-6-12-17(15)22-20;1-2-6-10(7-3-1)11-8-4-5-9-12-11;/h1-8,10-13H;1-6,8-9H;/q2*-1;. The van der Waals surface area contributed by atoms with Crippen LogP contribution in [0.25, 0.3) is 53.6 Å². The van der Waals surface area contributed by atoms with Crippen molar-refractivity contribution < 1.29 is 20.1 Å². The van der Waals surface area contributed by atoms with Crippen LogP contribution in [0.15, 0.2) is 121 Å². The normalized spacial score (nSPS) is 10.6. The molecule has 0 atom stereocenters. The third-order valence-electron chi connectivity index (χ3n) is 5.83. The number of para-hydroxylation sites is 1. The van der Waals surface area contributed by atoms with Gasteiger partial charge in [0.05, 0.1) is 5.52 Å². The fourth-order valence-electron chi connectivity index (χ4n) is 4.22. The number of hydrogen-bond donors (Lipinski definition) is 0. The summed E-state index contributed by atoms with van der Waals surface area (Å²) < 4.78 is 2.61. The van der Waals surface area contributed by atoms with Crippen LogP contribution in [-0.4, -0.2) is 9.97 Å². The number of pyridine rings is 2. The molecule has 7 rings (SSSR count). The molecule has 0 amide bonds. The molecule has 175 valence electrons. The zero-order valence-electron chi connectivity index (χ0n) is 19.2. The summed E-state index contributed by atoms with van der Waals surface area (Å²) in [5, 5.41) is 3.74. The first kappa shape index (κ1) is 24.0. The minimum atomic E-state index is 0. The fraction of sp³-hybridized carbons (Fsp3) is 0. The Balaban J connectivity index is 0.000000175. The second-order valence-electron chi connectivity index (χ2n) is 8.05. The van der Waals surface area contributed by atoms with E-state index in [4.69, 9.17) is 4.98 Å². The van der Waals surface area contributed by atoms with Crippen LogP contribution in [0.3, 0.4) is 0 Å². The van der Waals surface area contributed by atoms with Crippen molar-refractivity contribution in [2.45, 2.75) is 0 Å². The van der Waals surface area contributed by atoms with Gasteiger partial charge in [-0.2, -0.15) is 0 Å². The summed E-state index contributed by atoms with van der Waals surface area (Å²) in [6, 6.07) is 45.2. The summed E-state index contributed by atoms with van der Waals surface area (Å²) in [5.74, 6) is 0. The Morgan fingerprint density at radius 3 is 2.00 bits per heavy atom. The van der Waals surface area contributed by atoms with Crippen LogP contribution in [0.4, 0.5) is 0 Å². The van der Waals surface area contributed by atoms with Crippen molar-refractivity contribution in [2.75, 3.05) is 0 Å². The van der Waals surface area contributed by atoms with Crippen LogP contribution in [0.5, 0.6) is 0 Å². The van der Waals surface area contributed by atoms with E-state index in [2.05, 4.69) is 65.6 Å². The molecule has 0 spiro atoms. The number of fused-ring (bicyclic) bond motifs is 5. The molecule has 0 N–H and O–H groups in total. The predicted octanol–water partition coefficient (Wildman–Crippen LogP) is 8.62. The molecule has 0 saturated carbocycles. The maximum Gasteiger partial charge on any atom is 0.0610 e. The zero-order valence-corrected chi connectivity index (χ0v) is 22.4. The molecule has 0 saturated heterocycles. The Labute approximate surface area is 227 Å². The van der Waals surface area contributed by atoms with Crippen LogP contribution in [-0.2, 0) is 20.1 Å². The largest absolute Gasteiger partial charge is 0.305 e. The SMILES string of the molecule is [Ir].[c-]1ccccc1-c1ccccn1.[c-]1ccccc1-c1nc2ccccc2c2sc3ccccc3c12. The summed E-state index contributed by atoms with van der Waals surface area (Å²) in [6.45, 7) is 0. The molecule has 7 aromatic rings. The van der Waals surface area contributed by atoms with Crippen molar-refractivity contribution in [3.63, 3.8) is 0 Å². The van der Waals surface area contributed by atoms with Gasteiger partial charge in [0.15, 0.2) is 0 Å². The molecule has 0 aliphatic rings. The number of thiophene rings is 1. The van der Waals surface area contributed by atoms with Gasteiger partial charge in [-0.05, 0) is 40.4 Å². The van der Waals surface area contributed by atoms with E-state index in [1.165, 1.54) is 25.6 Å². The molecule has 0 aliphatic carbocycles. The monoisotopic (exact) mass is 657 g/mol. The fourth-order valence-corrected chi connectivity index (χ4v) is 5.46. The third kappa shape index (κ3) is 4.72. The maximum absolute atomic E-state index is 4.97. The first-order valence-electron chi connectivity index (χ1n) is 11.4. The van der Waals surface area contributed by atoms with E-state index >= 15 is 0 Å². The van der Waals surface area contributed by atoms with E-state index in [9.17, 15) is 0 Å². The van der Waals surface area contributed by atoms with Crippen molar-refractivity contribution in [3.8, 4) is 22.5 Å². The Morgan fingerprint density at radius 1 is 0.611 bits per heavy atom. The maximum atomic E-state index is 4.97. The van der Waals surface area contributed by atoms with Crippen LogP contribution in [0, 0.1) is 12.1 Å². The van der Waals surface area contributed by atoms with Gasteiger partial charge in [0.1, 0.15) is 0 Å². The van der Waals surface area contributed by atoms with E-state index in [1.54, 1.807) is 6.20 Å². The van der Waals surface area contributed by atoms with Crippen molar-refractivity contribution >= 4 is 42.4 Å². The summed E-state index contributed by atoms with van der Waals surface area (Å²) in [7, 11) is 0. The first-order chi connectivity index (χ1) is 17.4. The quantitative estimate of drug-likeness (QED) is 0.174. The number of nitrogens with zero attached hydrogens (tertiary/aromatic N) is 2. The number of rotatable bonds is 2. The average Bonchev–Trinajstić information content (AvgIpc) is 3.35. The van der Waals surface area contributed by atoms with E-state index in [-0.39, 0.29) is 20.1 Å². The minimum Gasteiger partial charge on any atom is -0.305 e. The molecule has 1 radical (unpaired) electrons. The van der Waals surface area contributed by atoms with Crippen LogP contribution in [0.2, 0.25) is 0 Å². The summed E-state index contributed by atoms with van der Waals surface area (Å²) in [6.07, 6.45) is 1.79. The van der Waals surface area contributed by atoms with Crippen LogP contribution in [0.1, 0.15) is 0 Å². The summed E-state index contributed by atoms with van der Waals surface area (Å²) in [5.41, 5.74) is 5.12. The second kappa shape index (κ2) is 10.9. The first-order valence-corrected chi connectivity index (χ1v) is 12.3. The van der Waals surface area contributed by atoms with Crippen molar-refractivity contribution in [2.24, 2.45) is 0 Å². The Bertz CT molecular complexity index is 1690. The van der Waals surface area contributed by atoms with E-state index < -0.39 is 0 Å². The molecule has 36 heavy (non-hydrogen) atoms. The molecule has 0 unspecified atom stereocenters. The van der Waals surface area contributed by atoms with Gasteiger partial charge in [0.25, 0.3) is 0 Å². The van der Waals surface area contributed by atoms with Gasteiger partial charge < -0.3 is 4.98 Å². The number of aromatic nitrogens is 2. The van der Waals surface area contributed by atoms with Gasteiger partial charge in [-0.25, -0.2) is 0 Å². The topological polar surface area (TPSA) is 25.8 Å². The van der Waals surface area contributed by atoms with Gasteiger partial charge in [-0.15, -0.1) is 83.1 Å². The summed E-state index contributed by atoms with van der Waals surface area (Å²) in [4.78, 5) is 9.19. The molecule has 4 aromatic carbocycles. The molecule has 2 nitrogen and oxygen atoms in total. The Kier molecular flexibility index (Phi) is 7.29. The number of benzene rings is 4. The number of hydrogen-bond acceptors (Lipinski definition) is 3. The molecule has 0 aliphatic heterocycles. The molecule has 4 heteroatoms. The average molecular weight is 657 g/mol. The summed E-state index contributed by atoms with van der Waals surface area (Å²) >= 11 is 1.85. The van der Waals surface area contributed by atoms with Crippen LogP contribution >= 0.6 is 11.3 Å². The molecular formula is C32H20IrN2S-2. The molecule has 0 bridgehead atoms. The molecule has 3 heterocycles. The van der Waals surface area contributed by atoms with Crippen molar-refractivity contribution in [3.05, 3.63) is 134 Å². The van der Waals surface area contributed by atoms with Crippen LogP contribution < -0.4 is 0 Å². The van der Waals surface area contributed by atoms with Crippen molar-refractivity contribution in [1.29, 1.82) is 0 Å². The molecule has 0 fully saturated rings. The van der Waals surface area contributed by atoms with Gasteiger partial charge >= 0.3 is 0 Å².